The molecule has 0 unspecified atom stereocenters. The van der Waals surface area contributed by atoms with E-state index in [0.717, 1.165) is 36.9 Å². The smallest absolute Gasteiger partial charge is 0.272 e. The van der Waals surface area contributed by atoms with Crippen LogP contribution in [0.4, 0.5) is 0 Å². The van der Waals surface area contributed by atoms with Crippen LogP contribution in [0.5, 0.6) is 0 Å². The Morgan fingerprint density at radius 2 is 2.29 bits per heavy atom. The molecule has 28 heavy (non-hydrogen) atoms. The lowest BCUT2D eigenvalue weighted by atomic mass is 9.92. The Morgan fingerprint density at radius 1 is 1.50 bits per heavy atom. The first-order valence-corrected chi connectivity index (χ1v) is 9.94. The number of nitrogens with zero attached hydrogens (tertiary/aromatic N) is 4. The van der Waals surface area contributed by atoms with Gasteiger partial charge in [-0.25, -0.2) is 9.67 Å². The molecule has 1 aromatic rings. The van der Waals surface area contributed by atoms with E-state index < -0.39 is 0 Å². The molecule has 2 heterocycles. The highest BCUT2D eigenvalue weighted by molar-refractivity contribution is 5.95. The number of carbonyl (C=O) groups is 1. The number of nitrogens with one attached hydrogen (secondary N) is 1. The fourth-order valence-corrected chi connectivity index (χ4v) is 4.50. The zero-order valence-corrected chi connectivity index (χ0v) is 16.2. The second-order valence-electron chi connectivity index (χ2n) is 7.70. The van der Waals surface area contributed by atoms with Crippen LogP contribution >= 0.6 is 0 Å². The largest absolute Gasteiger partial charge is 0.394 e. The first-order valence-electron chi connectivity index (χ1n) is 9.94. The maximum atomic E-state index is 13.1. The average Bonchev–Trinajstić information content (AvgIpc) is 3.22. The number of aliphatic hydroxyl groups excluding tert-OH is 1. The van der Waals surface area contributed by atoms with Crippen LogP contribution in [0.2, 0.25) is 0 Å². The van der Waals surface area contributed by atoms with Crippen LogP contribution in [0.25, 0.3) is 5.82 Å². The van der Waals surface area contributed by atoms with Gasteiger partial charge < -0.3 is 15.2 Å². The summed E-state index contributed by atoms with van der Waals surface area (Å²) < 4.78 is 7.14. The second kappa shape index (κ2) is 7.97. The molecule has 1 saturated heterocycles. The Hall–Kier alpha value is -2.32. The number of aliphatic imine (C=N–C) groups is 2. The number of hydrogen-bond acceptors (Lipinski definition) is 6. The quantitative estimate of drug-likeness (QED) is 0.696. The lowest BCUT2D eigenvalue weighted by molar-refractivity contribution is 0.0418. The van der Waals surface area contributed by atoms with Gasteiger partial charge in [-0.05, 0) is 51.2 Å². The van der Waals surface area contributed by atoms with Crippen LogP contribution in [0, 0.1) is 11.8 Å². The molecule has 2 aliphatic carbocycles. The maximum Gasteiger partial charge on any atom is 0.272 e. The van der Waals surface area contributed by atoms with Crippen molar-refractivity contribution in [2.75, 3.05) is 19.8 Å². The van der Waals surface area contributed by atoms with E-state index in [0.29, 0.717) is 36.6 Å². The van der Waals surface area contributed by atoms with Gasteiger partial charge in [0.2, 0.25) is 0 Å². The number of aliphatic hydroxyl groups is 1. The molecule has 1 saturated carbocycles. The maximum absolute atomic E-state index is 13.1. The van der Waals surface area contributed by atoms with Gasteiger partial charge in [0.25, 0.3) is 5.91 Å². The van der Waals surface area contributed by atoms with E-state index in [1.807, 2.05) is 6.92 Å². The zero-order valence-electron chi connectivity index (χ0n) is 16.2. The van der Waals surface area contributed by atoms with Gasteiger partial charge in [-0.3, -0.25) is 9.79 Å². The van der Waals surface area contributed by atoms with Gasteiger partial charge in [0.1, 0.15) is 0 Å². The second-order valence-corrected chi connectivity index (χ2v) is 7.70. The SMILES string of the molecule is C=N/C=C(\N=CC)n1nc(C(=O)N[C@@H](CO)C2CCOCC2)c2c1[C@@H]1C[C@@H]1C2. The summed E-state index contributed by atoms with van der Waals surface area (Å²) in [5.74, 6) is 1.58. The van der Waals surface area contributed by atoms with Gasteiger partial charge in [0, 0.05) is 30.9 Å². The van der Waals surface area contributed by atoms with Crippen molar-refractivity contribution in [1.29, 1.82) is 0 Å². The van der Waals surface area contributed by atoms with E-state index in [2.05, 4.69) is 27.1 Å². The number of hydrogen-bond donors (Lipinski definition) is 2. The van der Waals surface area contributed by atoms with Gasteiger partial charge >= 0.3 is 0 Å². The fraction of sp³-hybridized carbons (Fsp3) is 0.600. The Balaban J connectivity index is 1.62. The van der Waals surface area contributed by atoms with Crippen molar-refractivity contribution in [2.24, 2.45) is 21.8 Å². The van der Waals surface area contributed by atoms with Crippen LogP contribution in [-0.4, -0.2) is 59.6 Å². The van der Waals surface area contributed by atoms with Gasteiger partial charge in [0.05, 0.1) is 24.5 Å². The summed E-state index contributed by atoms with van der Waals surface area (Å²) in [5.41, 5.74) is 2.51. The lowest BCUT2D eigenvalue weighted by Gasteiger charge is -2.29. The number of rotatable bonds is 7. The molecule has 1 aromatic heterocycles. The highest BCUT2D eigenvalue weighted by Crippen LogP contribution is 2.57. The molecule has 0 aromatic carbocycles. The topological polar surface area (TPSA) is 101 Å². The van der Waals surface area contributed by atoms with Crippen molar-refractivity contribution < 1.29 is 14.6 Å². The minimum atomic E-state index is -0.286. The lowest BCUT2D eigenvalue weighted by Crippen LogP contribution is -2.45. The average molecular weight is 385 g/mol. The van der Waals surface area contributed by atoms with Crippen LogP contribution in [0.1, 0.15) is 53.8 Å². The molecule has 0 spiro atoms. The minimum Gasteiger partial charge on any atom is -0.394 e. The van der Waals surface area contributed by atoms with Crippen molar-refractivity contribution in [3.63, 3.8) is 0 Å². The summed E-state index contributed by atoms with van der Waals surface area (Å²) >= 11 is 0. The van der Waals surface area contributed by atoms with Crippen molar-refractivity contribution in [3.8, 4) is 0 Å². The Kier molecular flexibility index (Phi) is 5.41. The molecule has 150 valence electrons. The standard InChI is InChI=1S/C20H27N5O3/c1-3-22-17(10-21-2)25-19-14-8-13(14)9-15(19)18(24-25)20(27)23-16(11-26)12-4-6-28-7-5-12/h3,10,12-14,16,26H,2,4-9,11H2,1H3,(H,23,27)/b17-10+,22-3?/t13-,14-,16+/m1/s1. The highest BCUT2D eigenvalue weighted by atomic mass is 16.5. The van der Waals surface area contributed by atoms with Gasteiger partial charge in [0.15, 0.2) is 11.5 Å². The van der Waals surface area contributed by atoms with Crippen LogP contribution in [-0.2, 0) is 11.2 Å². The van der Waals surface area contributed by atoms with Crippen molar-refractivity contribution in [3.05, 3.63) is 23.2 Å². The Labute approximate surface area is 164 Å². The summed E-state index contributed by atoms with van der Waals surface area (Å²) in [6.45, 7) is 6.59. The van der Waals surface area contributed by atoms with E-state index in [1.54, 1.807) is 17.1 Å². The molecule has 3 atom stereocenters. The third-order valence-corrected chi connectivity index (χ3v) is 6.01. The predicted octanol–water partition coefficient (Wildman–Crippen LogP) is 1.61. The number of ether oxygens (including phenoxy) is 1. The van der Waals surface area contributed by atoms with Crippen molar-refractivity contribution >= 4 is 24.7 Å². The molecule has 3 aliphatic rings. The van der Waals surface area contributed by atoms with E-state index >= 15 is 0 Å². The van der Waals surface area contributed by atoms with Crippen LogP contribution < -0.4 is 5.32 Å². The molecule has 0 bridgehead atoms. The van der Waals surface area contributed by atoms with Crippen LogP contribution in [0.3, 0.4) is 0 Å². The van der Waals surface area contributed by atoms with Gasteiger partial charge in [-0.15, -0.1) is 0 Å². The predicted molar refractivity (Wildman–Crippen MR) is 107 cm³/mol. The molecular formula is C20H27N5O3. The van der Waals surface area contributed by atoms with Crippen molar-refractivity contribution in [2.45, 2.75) is 44.6 Å². The molecule has 2 fully saturated rings. The number of carbonyl (C=O) groups excluding carboxylic acids is 1. The molecule has 2 N–H and O–H groups in total. The number of amides is 1. The molecule has 1 aliphatic heterocycles. The molecule has 0 radical (unpaired) electrons. The molecule has 8 nitrogen and oxygen atoms in total. The van der Waals surface area contributed by atoms with Gasteiger partial charge in [-0.1, -0.05) is 0 Å². The van der Waals surface area contributed by atoms with Gasteiger partial charge in [-0.2, -0.15) is 5.10 Å². The Morgan fingerprint density at radius 3 is 2.96 bits per heavy atom. The third-order valence-electron chi connectivity index (χ3n) is 6.01. The molecule has 8 heteroatoms. The normalized spacial score (nSPS) is 25.4. The minimum absolute atomic E-state index is 0.0871. The van der Waals surface area contributed by atoms with E-state index in [9.17, 15) is 9.90 Å². The third kappa shape index (κ3) is 3.42. The monoisotopic (exact) mass is 385 g/mol. The van der Waals surface area contributed by atoms with Crippen molar-refractivity contribution in [1.82, 2.24) is 15.1 Å². The summed E-state index contributed by atoms with van der Waals surface area (Å²) in [6, 6.07) is -0.286. The first kappa shape index (κ1) is 19.0. The van der Waals surface area contributed by atoms with E-state index in [-0.39, 0.29) is 24.5 Å². The van der Waals surface area contributed by atoms with E-state index in [1.165, 1.54) is 0 Å². The first-order chi connectivity index (χ1) is 13.7. The van der Waals surface area contributed by atoms with E-state index in [4.69, 9.17) is 4.74 Å². The number of fused-ring (bicyclic) bond motifs is 3. The molecule has 4 rings (SSSR count). The molecule has 1 amide bonds. The fourth-order valence-electron chi connectivity index (χ4n) is 4.50. The molecular weight excluding hydrogens is 358 g/mol. The number of aromatic nitrogens is 2. The highest BCUT2D eigenvalue weighted by Gasteiger charge is 2.50. The summed E-state index contributed by atoms with van der Waals surface area (Å²) in [7, 11) is 0. The summed E-state index contributed by atoms with van der Waals surface area (Å²) in [6.07, 6.45) is 6.91. The van der Waals surface area contributed by atoms with Crippen LogP contribution in [0.15, 0.2) is 16.2 Å². The Bertz CT molecular complexity index is 822. The summed E-state index contributed by atoms with van der Waals surface area (Å²) in [5, 5.41) is 17.4. The zero-order chi connectivity index (χ0) is 19.7. The summed E-state index contributed by atoms with van der Waals surface area (Å²) in [4.78, 5) is 21.3.